The largest absolute Gasteiger partial charge is 0.481 e. The lowest BCUT2D eigenvalue weighted by Gasteiger charge is -2.29. The number of hydrogen-bond acceptors (Lipinski definition) is 2. The molecule has 3 heteroatoms. The summed E-state index contributed by atoms with van der Waals surface area (Å²) in [5, 5.41) is 12.2. The molecular weight excluding hydrogens is 190 g/mol. The maximum atomic E-state index is 10.9. The Morgan fingerprint density at radius 1 is 1.53 bits per heavy atom. The van der Waals surface area contributed by atoms with E-state index in [2.05, 4.69) is 11.4 Å². The number of nitrogens with one attached hydrogen (secondary N) is 1. The standard InChI is InChI=1S/C12H15NO2/c1-8(12(14)15)10-7-6-9-4-2-3-5-11(9)13-10/h2-5,8,10,13H,6-7H2,1H3,(H,14,15). The van der Waals surface area contributed by atoms with Crippen molar-refractivity contribution in [3.05, 3.63) is 29.8 Å². The second-order valence-corrected chi connectivity index (χ2v) is 4.07. The van der Waals surface area contributed by atoms with Gasteiger partial charge >= 0.3 is 5.97 Å². The van der Waals surface area contributed by atoms with Gasteiger partial charge in [-0.2, -0.15) is 0 Å². The summed E-state index contributed by atoms with van der Waals surface area (Å²) in [6.45, 7) is 1.76. The number of rotatable bonds is 2. The second kappa shape index (κ2) is 3.93. The van der Waals surface area contributed by atoms with Gasteiger partial charge in [0.1, 0.15) is 0 Å². The van der Waals surface area contributed by atoms with Gasteiger partial charge in [0, 0.05) is 11.7 Å². The summed E-state index contributed by atoms with van der Waals surface area (Å²) in [5.74, 6) is -1.06. The molecule has 0 amide bonds. The van der Waals surface area contributed by atoms with E-state index in [-0.39, 0.29) is 12.0 Å². The minimum absolute atomic E-state index is 0.0531. The smallest absolute Gasteiger partial charge is 0.308 e. The molecule has 0 radical (unpaired) electrons. The van der Waals surface area contributed by atoms with Crippen molar-refractivity contribution in [1.82, 2.24) is 0 Å². The van der Waals surface area contributed by atoms with Crippen molar-refractivity contribution >= 4 is 11.7 Å². The lowest BCUT2D eigenvalue weighted by atomic mass is 9.90. The first kappa shape index (κ1) is 10.0. The third kappa shape index (κ3) is 1.96. The highest BCUT2D eigenvalue weighted by Crippen LogP contribution is 2.27. The van der Waals surface area contributed by atoms with Crippen molar-refractivity contribution in [2.45, 2.75) is 25.8 Å². The van der Waals surface area contributed by atoms with Crippen LogP contribution < -0.4 is 5.32 Å². The molecule has 2 N–H and O–H groups in total. The van der Waals surface area contributed by atoms with Crippen LogP contribution >= 0.6 is 0 Å². The number of fused-ring (bicyclic) bond motifs is 1. The van der Waals surface area contributed by atoms with Crippen molar-refractivity contribution in [2.75, 3.05) is 5.32 Å². The fourth-order valence-electron chi connectivity index (χ4n) is 2.01. The molecule has 0 fully saturated rings. The molecule has 80 valence electrons. The van der Waals surface area contributed by atoms with Crippen LogP contribution in [0.1, 0.15) is 18.9 Å². The van der Waals surface area contributed by atoms with E-state index in [0.717, 1.165) is 18.5 Å². The first-order chi connectivity index (χ1) is 7.18. The predicted octanol–water partition coefficient (Wildman–Crippen LogP) is 2.13. The van der Waals surface area contributed by atoms with Gasteiger partial charge < -0.3 is 10.4 Å². The Morgan fingerprint density at radius 3 is 3.00 bits per heavy atom. The number of carbonyl (C=O) groups is 1. The molecule has 1 aliphatic rings. The first-order valence-corrected chi connectivity index (χ1v) is 5.25. The quantitative estimate of drug-likeness (QED) is 0.777. The van der Waals surface area contributed by atoms with E-state index in [4.69, 9.17) is 5.11 Å². The molecule has 3 nitrogen and oxygen atoms in total. The maximum Gasteiger partial charge on any atom is 0.308 e. The van der Waals surface area contributed by atoms with Gasteiger partial charge in [-0.3, -0.25) is 4.79 Å². The summed E-state index contributed by atoms with van der Waals surface area (Å²) in [6.07, 6.45) is 1.86. The van der Waals surface area contributed by atoms with Crippen LogP contribution in [-0.2, 0) is 11.2 Å². The topological polar surface area (TPSA) is 49.3 Å². The Bertz CT molecular complexity index is 376. The molecule has 2 atom stereocenters. The number of carboxylic acids is 1. The second-order valence-electron chi connectivity index (χ2n) is 4.07. The Balaban J connectivity index is 2.15. The van der Waals surface area contributed by atoms with E-state index in [0.29, 0.717) is 0 Å². The van der Waals surface area contributed by atoms with Gasteiger partial charge in [0.05, 0.1) is 5.92 Å². The van der Waals surface area contributed by atoms with Crippen LogP contribution in [-0.4, -0.2) is 17.1 Å². The molecule has 0 saturated carbocycles. The fourth-order valence-corrected chi connectivity index (χ4v) is 2.01. The highest BCUT2D eigenvalue weighted by molar-refractivity contribution is 5.71. The molecule has 1 aromatic rings. The van der Waals surface area contributed by atoms with Crippen molar-refractivity contribution < 1.29 is 9.90 Å². The zero-order valence-electron chi connectivity index (χ0n) is 8.73. The molecule has 1 aliphatic heterocycles. The number of benzene rings is 1. The van der Waals surface area contributed by atoms with Gasteiger partial charge in [0.25, 0.3) is 0 Å². The minimum atomic E-state index is -0.730. The van der Waals surface area contributed by atoms with Crippen LogP contribution in [0.3, 0.4) is 0 Å². The number of aryl methyl sites for hydroxylation is 1. The number of carboxylic acid groups (broad SMARTS) is 1. The van der Waals surface area contributed by atoms with E-state index in [1.807, 2.05) is 18.2 Å². The summed E-state index contributed by atoms with van der Waals surface area (Å²) in [4.78, 5) is 10.9. The molecule has 0 aliphatic carbocycles. The summed E-state index contributed by atoms with van der Waals surface area (Å²) in [7, 11) is 0. The monoisotopic (exact) mass is 205 g/mol. The summed E-state index contributed by atoms with van der Waals surface area (Å²) in [6, 6.07) is 8.14. The molecule has 1 aromatic carbocycles. The first-order valence-electron chi connectivity index (χ1n) is 5.25. The van der Waals surface area contributed by atoms with Crippen LogP contribution in [0.5, 0.6) is 0 Å². The Morgan fingerprint density at radius 2 is 2.27 bits per heavy atom. The number of aliphatic carboxylic acids is 1. The van der Waals surface area contributed by atoms with E-state index >= 15 is 0 Å². The number of para-hydroxylation sites is 1. The lowest BCUT2D eigenvalue weighted by Crippen LogP contribution is -2.35. The Hall–Kier alpha value is -1.51. The highest BCUT2D eigenvalue weighted by atomic mass is 16.4. The maximum absolute atomic E-state index is 10.9. The average Bonchev–Trinajstić information content (AvgIpc) is 2.27. The van der Waals surface area contributed by atoms with Gasteiger partial charge in [0.2, 0.25) is 0 Å². The molecule has 1 heterocycles. The van der Waals surface area contributed by atoms with Crippen molar-refractivity contribution in [3.63, 3.8) is 0 Å². The summed E-state index contributed by atoms with van der Waals surface area (Å²) < 4.78 is 0. The molecule has 0 aromatic heterocycles. The molecule has 2 unspecified atom stereocenters. The predicted molar refractivity (Wildman–Crippen MR) is 59.0 cm³/mol. The zero-order chi connectivity index (χ0) is 10.8. The van der Waals surface area contributed by atoms with Crippen LogP contribution in [0.2, 0.25) is 0 Å². The van der Waals surface area contributed by atoms with Crippen LogP contribution in [0.25, 0.3) is 0 Å². The Kier molecular flexibility index (Phi) is 2.62. The van der Waals surface area contributed by atoms with Crippen LogP contribution in [0.15, 0.2) is 24.3 Å². The molecule has 0 spiro atoms. The van der Waals surface area contributed by atoms with Gasteiger partial charge in [0.15, 0.2) is 0 Å². The normalized spacial score (nSPS) is 21.3. The Labute approximate surface area is 89.1 Å². The fraction of sp³-hybridized carbons (Fsp3) is 0.417. The van der Waals surface area contributed by atoms with Crippen molar-refractivity contribution in [1.29, 1.82) is 0 Å². The summed E-state index contributed by atoms with van der Waals surface area (Å²) in [5.41, 5.74) is 2.37. The van der Waals surface area contributed by atoms with Gasteiger partial charge in [-0.25, -0.2) is 0 Å². The molecule has 0 bridgehead atoms. The average molecular weight is 205 g/mol. The summed E-state index contributed by atoms with van der Waals surface area (Å²) >= 11 is 0. The van der Waals surface area contributed by atoms with Gasteiger partial charge in [-0.15, -0.1) is 0 Å². The number of anilines is 1. The van der Waals surface area contributed by atoms with Crippen LogP contribution in [0, 0.1) is 5.92 Å². The third-order valence-corrected chi connectivity index (χ3v) is 3.08. The van der Waals surface area contributed by atoms with Crippen molar-refractivity contribution in [3.8, 4) is 0 Å². The molecule has 0 saturated heterocycles. The van der Waals surface area contributed by atoms with E-state index in [1.165, 1.54) is 5.56 Å². The molecule has 2 rings (SSSR count). The van der Waals surface area contributed by atoms with Gasteiger partial charge in [-0.05, 0) is 31.4 Å². The highest BCUT2D eigenvalue weighted by Gasteiger charge is 2.26. The SMILES string of the molecule is CC(C(=O)O)C1CCc2ccccc2N1. The third-order valence-electron chi connectivity index (χ3n) is 3.08. The number of hydrogen-bond donors (Lipinski definition) is 2. The minimum Gasteiger partial charge on any atom is -0.481 e. The molecule has 15 heavy (non-hydrogen) atoms. The zero-order valence-corrected chi connectivity index (χ0v) is 8.73. The van der Waals surface area contributed by atoms with E-state index < -0.39 is 5.97 Å². The molecular formula is C12H15NO2. The van der Waals surface area contributed by atoms with Gasteiger partial charge in [-0.1, -0.05) is 18.2 Å². The van der Waals surface area contributed by atoms with E-state index in [1.54, 1.807) is 6.92 Å². The van der Waals surface area contributed by atoms with E-state index in [9.17, 15) is 4.79 Å². The van der Waals surface area contributed by atoms with Crippen molar-refractivity contribution in [2.24, 2.45) is 5.92 Å². The lowest BCUT2D eigenvalue weighted by molar-refractivity contribution is -0.141. The van der Waals surface area contributed by atoms with Crippen LogP contribution in [0.4, 0.5) is 5.69 Å².